The Labute approximate surface area is 133 Å². The summed E-state index contributed by atoms with van der Waals surface area (Å²) in [5.74, 6) is 0.360. The van der Waals surface area contributed by atoms with Gasteiger partial charge >= 0.3 is 0 Å². The van der Waals surface area contributed by atoms with E-state index in [1.807, 2.05) is 0 Å². The molecule has 1 heteroatoms. The van der Waals surface area contributed by atoms with Crippen LogP contribution in [0.25, 0.3) is 16.8 Å². The second kappa shape index (κ2) is 4.85. The molecule has 0 saturated heterocycles. The summed E-state index contributed by atoms with van der Waals surface area (Å²) in [5, 5.41) is 2.68. The molecular weight excluding hydrogens is 320 g/mol. The van der Waals surface area contributed by atoms with E-state index >= 15 is 0 Å². The zero-order valence-corrected chi connectivity index (χ0v) is 13.4. The minimum absolute atomic E-state index is 0.360. The Bertz CT molecular complexity index is 874. The molecular formula is C20H15Br. The smallest absolute Gasteiger partial charge is 0.0284 e. The van der Waals surface area contributed by atoms with Crippen molar-refractivity contribution >= 4 is 32.8 Å². The van der Waals surface area contributed by atoms with Crippen LogP contribution in [-0.2, 0) is 0 Å². The lowest BCUT2D eigenvalue weighted by Crippen LogP contribution is -1.97. The number of benzene rings is 3. The summed E-state index contributed by atoms with van der Waals surface area (Å²) in [6.07, 6.45) is 4.55. The topological polar surface area (TPSA) is 0 Å². The van der Waals surface area contributed by atoms with Gasteiger partial charge in [-0.05, 0) is 52.1 Å². The van der Waals surface area contributed by atoms with Gasteiger partial charge in [0.25, 0.3) is 0 Å². The zero-order valence-electron chi connectivity index (χ0n) is 11.8. The number of hydrogen-bond donors (Lipinski definition) is 0. The monoisotopic (exact) mass is 334 g/mol. The highest BCUT2D eigenvalue weighted by Gasteiger charge is 2.20. The lowest BCUT2D eigenvalue weighted by atomic mass is 9.88. The summed E-state index contributed by atoms with van der Waals surface area (Å²) in [7, 11) is 0. The summed E-state index contributed by atoms with van der Waals surface area (Å²) < 4.78 is 1.15. The summed E-state index contributed by atoms with van der Waals surface area (Å²) in [6.45, 7) is 2.18. The molecule has 0 fully saturated rings. The van der Waals surface area contributed by atoms with Gasteiger partial charge in [-0.1, -0.05) is 70.5 Å². The Kier molecular flexibility index (Phi) is 2.97. The van der Waals surface area contributed by atoms with Gasteiger partial charge in [0, 0.05) is 10.4 Å². The molecule has 0 heterocycles. The van der Waals surface area contributed by atoms with Gasteiger partial charge in [-0.15, -0.1) is 0 Å². The highest BCUT2D eigenvalue weighted by atomic mass is 79.9. The number of fused-ring (bicyclic) bond motifs is 2. The maximum Gasteiger partial charge on any atom is 0.0284 e. The largest absolute Gasteiger partial charge is 0.0720 e. The molecule has 0 saturated carbocycles. The number of halogens is 1. The Morgan fingerprint density at radius 1 is 0.857 bits per heavy atom. The van der Waals surface area contributed by atoms with Crippen LogP contribution in [0.1, 0.15) is 28.2 Å². The maximum atomic E-state index is 3.64. The first-order valence-corrected chi connectivity index (χ1v) is 7.99. The van der Waals surface area contributed by atoms with Crippen molar-refractivity contribution in [2.24, 2.45) is 0 Å². The van der Waals surface area contributed by atoms with Crippen molar-refractivity contribution in [2.75, 3.05) is 0 Å². The molecule has 0 nitrogen and oxygen atoms in total. The van der Waals surface area contributed by atoms with Crippen molar-refractivity contribution in [1.29, 1.82) is 0 Å². The predicted octanol–water partition coefficient (Wildman–Crippen LogP) is 6.07. The highest BCUT2D eigenvalue weighted by molar-refractivity contribution is 9.10. The molecule has 0 N–H and O–H groups in total. The van der Waals surface area contributed by atoms with Crippen LogP contribution in [0.4, 0.5) is 0 Å². The van der Waals surface area contributed by atoms with Gasteiger partial charge in [-0.2, -0.15) is 0 Å². The third kappa shape index (κ3) is 2.04. The van der Waals surface area contributed by atoms with Gasteiger partial charge in [0.15, 0.2) is 0 Å². The fraction of sp³-hybridized carbons (Fsp3) is 0.100. The minimum Gasteiger partial charge on any atom is -0.0720 e. The van der Waals surface area contributed by atoms with Gasteiger partial charge in [-0.3, -0.25) is 0 Å². The lowest BCUT2D eigenvalue weighted by molar-refractivity contribution is 1.06. The van der Waals surface area contributed by atoms with Crippen LogP contribution in [-0.4, -0.2) is 0 Å². The minimum atomic E-state index is 0.360. The van der Waals surface area contributed by atoms with Crippen LogP contribution in [0.3, 0.4) is 0 Å². The molecule has 4 rings (SSSR count). The number of hydrogen-bond acceptors (Lipinski definition) is 0. The molecule has 3 aromatic carbocycles. The molecule has 0 amide bonds. The molecule has 0 aromatic heterocycles. The van der Waals surface area contributed by atoms with Gasteiger partial charge in [0.05, 0.1) is 0 Å². The van der Waals surface area contributed by atoms with Crippen LogP contribution < -0.4 is 0 Å². The van der Waals surface area contributed by atoms with Crippen LogP contribution in [0.5, 0.6) is 0 Å². The molecule has 1 aliphatic rings. The van der Waals surface area contributed by atoms with Crippen LogP contribution in [0, 0.1) is 6.92 Å². The molecule has 0 aliphatic heterocycles. The van der Waals surface area contributed by atoms with E-state index in [1.165, 1.54) is 33.0 Å². The Morgan fingerprint density at radius 2 is 1.67 bits per heavy atom. The van der Waals surface area contributed by atoms with E-state index in [4.69, 9.17) is 0 Å². The van der Waals surface area contributed by atoms with Gasteiger partial charge < -0.3 is 0 Å². The van der Waals surface area contributed by atoms with Crippen molar-refractivity contribution in [3.05, 3.63) is 87.4 Å². The Morgan fingerprint density at radius 3 is 2.57 bits per heavy atom. The average Bonchev–Trinajstić information content (AvgIpc) is 2.90. The number of allylic oxidation sites excluding steroid dienone is 1. The lowest BCUT2D eigenvalue weighted by Gasteiger charge is -2.16. The third-order valence-electron chi connectivity index (χ3n) is 4.34. The molecule has 0 radical (unpaired) electrons. The first-order valence-electron chi connectivity index (χ1n) is 7.20. The first-order chi connectivity index (χ1) is 10.2. The van der Waals surface area contributed by atoms with Crippen molar-refractivity contribution in [2.45, 2.75) is 12.8 Å². The second-order valence-corrected chi connectivity index (χ2v) is 6.55. The molecule has 1 aliphatic carbocycles. The SMILES string of the molecule is Cc1cc(Br)cc2c(C3C=Cc4ccccc43)cccc12. The van der Waals surface area contributed by atoms with E-state index in [2.05, 4.69) is 89.6 Å². The highest BCUT2D eigenvalue weighted by Crippen LogP contribution is 2.39. The van der Waals surface area contributed by atoms with Gasteiger partial charge in [0.1, 0.15) is 0 Å². The van der Waals surface area contributed by atoms with Crippen molar-refractivity contribution in [3.63, 3.8) is 0 Å². The normalized spacial score (nSPS) is 16.4. The van der Waals surface area contributed by atoms with E-state index in [-0.39, 0.29) is 0 Å². The first kappa shape index (κ1) is 12.8. The van der Waals surface area contributed by atoms with Crippen molar-refractivity contribution < 1.29 is 0 Å². The molecule has 3 aromatic rings. The molecule has 0 spiro atoms. The molecule has 1 atom stereocenters. The summed E-state index contributed by atoms with van der Waals surface area (Å²) in [6, 6.07) is 19.7. The predicted molar refractivity (Wildman–Crippen MR) is 93.7 cm³/mol. The van der Waals surface area contributed by atoms with E-state index in [0.29, 0.717) is 5.92 Å². The second-order valence-electron chi connectivity index (χ2n) is 5.63. The number of aryl methyl sites for hydroxylation is 1. The van der Waals surface area contributed by atoms with E-state index in [9.17, 15) is 0 Å². The zero-order chi connectivity index (χ0) is 14.4. The van der Waals surface area contributed by atoms with E-state index < -0.39 is 0 Å². The van der Waals surface area contributed by atoms with Crippen LogP contribution in [0.15, 0.2) is 65.1 Å². The quantitative estimate of drug-likeness (QED) is 0.506. The summed E-state index contributed by atoms with van der Waals surface area (Å²) in [4.78, 5) is 0. The third-order valence-corrected chi connectivity index (χ3v) is 4.79. The van der Waals surface area contributed by atoms with E-state index in [1.54, 1.807) is 0 Å². The summed E-state index contributed by atoms with van der Waals surface area (Å²) >= 11 is 3.64. The van der Waals surface area contributed by atoms with Gasteiger partial charge in [-0.25, -0.2) is 0 Å². The van der Waals surface area contributed by atoms with Gasteiger partial charge in [0.2, 0.25) is 0 Å². The van der Waals surface area contributed by atoms with Crippen LogP contribution in [0.2, 0.25) is 0 Å². The molecule has 102 valence electrons. The standard InChI is InChI=1S/C20H15Br/c1-13-11-15(21)12-20-16(13)7-4-8-18(20)19-10-9-14-5-2-3-6-17(14)19/h2-12,19H,1H3. The van der Waals surface area contributed by atoms with Crippen LogP contribution >= 0.6 is 15.9 Å². The summed E-state index contributed by atoms with van der Waals surface area (Å²) in [5.41, 5.74) is 5.45. The fourth-order valence-electron chi connectivity index (χ4n) is 3.34. The van der Waals surface area contributed by atoms with Crippen molar-refractivity contribution in [1.82, 2.24) is 0 Å². The fourth-order valence-corrected chi connectivity index (χ4v) is 3.92. The molecule has 0 bridgehead atoms. The number of rotatable bonds is 1. The van der Waals surface area contributed by atoms with Crippen molar-refractivity contribution in [3.8, 4) is 0 Å². The van der Waals surface area contributed by atoms with E-state index in [0.717, 1.165) is 4.47 Å². The molecule has 21 heavy (non-hydrogen) atoms. The Hall–Kier alpha value is -1.86. The maximum absolute atomic E-state index is 3.64. The Balaban J connectivity index is 1.99. The average molecular weight is 335 g/mol. The molecule has 1 unspecified atom stereocenters.